The van der Waals surface area contributed by atoms with Crippen LogP contribution in [0.5, 0.6) is 0 Å². The third-order valence-electron chi connectivity index (χ3n) is 2.53. The number of nitrogens with two attached hydrogens (primary N) is 1. The Bertz CT molecular complexity index is 172. The third-order valence-corrected chi connectivity index (χ3v) is 2.53. The fraction of sp³-hybridized carbons (Fsp3) is 0.846. The Kier molecular flexibility index (Phi) is 6.86. The van der Waals surface area contributed by atoms with E-state index in [1.54, 1.807) is 0 Å². The van der Waals surface area contributed by atoms with Gasteiger partial charge in [-0.25, -0.2) is 0 Å². The lowest BCUT2D eigenvalue weighted by Crippen LogP contribution is -2.45. The molecule has 0 saturated heterocycles. The van der Waals surface area contributed by atoms with Crippen LogP contribution >= 0.6 is 0 Å². The fourth-order valence-corrected chi connectivity index (χ4v) is 1.84. The molecule has 0 saturated carbocycles. The quantitative estimate of drug-likeness (QED) is 0.521. The predicted molar refractivity (Wildman–Crippen MR) is 66.9 cm³/mol. The molecule has 0 amide bonds. The monoisotopic (exact) mass is 213 g/mol. The van der Waals surface area contributed by atoms with Crippen molar-refractivity contribution in [1.82, 2.24) is 0 Å². The number of unbranched alkanes of at least 4 members (excludes halogenated alkanes) is 1. The lowest BCUT2D eigenvalue weighted by molar-refractivity contribution is -0.0293. The van der Waals surface area contributed by atoms with Gasteiger partial charge in [0.25, 0.3) is 0 Å². The molecule has 0 aromatic heterocycles. The Morgan fingerprint density at radius 3 is 2.40 bits per heavy atom. The summed E-state index contributed by atoms with van der Waals surface area (Å²) in [6, 6.07) is 0.130. The van der Waals surface area contributed by atoms with E-state index in [0.29, 0.717) is 0 Å². The summed E-state index contributed by atoms with van der Waals surface area (Å²) in [7, 11) is 0. The van der Waals surface area contributed by atoms with E-state index >= 15 is 0 Å². The van der Waals surface area contributed by atoms with Crippen molar-refractivity contribution in [3.63, 3.8) is 0 Å². The maximum absolute atomic E-state index is 6.17. The largest absolute Gasteiger partial charge is 0.376 e. The van der Waals surface area contributed by atoms with Crippen LogP contribution in [0.2, 0.25) is 0 Å². The molecule has 0 aliphatic rings. The molecule has 0 spiro atoms. The summed E-state index contributed by atoms with van der Waals surface area (Å²) in [6.07, 6.45) is 5.24. The van der Waals surface area contributed by atoms with E-state index in [1.807, 2.05) is 13.0 Å². The number of hydrogen-bond donors (Lipinski definition) is 1. The molecule has 0 aromatic rings. The minimum Gasteiger partial charge on any atom is -0.376 e. The predicted octanol–water partition coefficient (Wildman–Crippen LogP) is 3.12. The van der Waals surface area contributed by atoms with Crippen LogP contribution in [0.25, 0.3) is 0 Å². The van der Waals surface area contributed by atoms with Gasteiger partial charge in [-0.05, 0) is 31.6 Å². The van der Waals surface area contributed by atoms with Crippen LogP contribution in [0.1, 0.15) is 47.0 Å². The molecule has 0 aliphatic heterocycles. The second-order valence-corrected chi connectivity index (χ2v) is 5.13. The van der Waals surface area contributed by atoms with E-state index in [-0.39, 0.29) is 17.6 Å². The van der Waals surface area contributed by atoms with Crippen molar-refractivity contribution >= 4 is 0 Å². The molecule has 0 heterocycles. The van der Waals surface area contributed by atoms with Crippen LogP contribution in [0.4, 0.5) is 0 Å². The number of allylic oxidation sites excluding steroid dienone is 1. The molecule has 0 radical (unpaired) electrons. The maximum atomic E-state index is 6.17. The summed E-state index contributed by atoms with van der Waals surface area (Å²) in [6.45, 7) is 13.0. The topological polar surface area (TPSA) is 35.2 Å². The van der Waals surface area contributed by atoms with Crippen LogP contribution < -0.4 is 5.73 Å². The van der Waals surface area contributed by atoms with Gasteiger partial charge < -0.3 is 10.5 Å². The summed E-state index contributed by atoms with van der Waals surface area (Å²) in [4.78, 5) is 0. The highest BCUT2D eigenvalue weighted by molar-refractivity contribution is 4.84. The Hall–Kier alpha value is -0.340. The summed E-state index contributed by atoms with van der Waals surface area (Å²) in [5.74, 6) is 0. The van der Waals surface area contributed by atoms with Crippen molar-refractivity contribution in [2.45, 2.75) is 59.1 Å². The summed E-state index contributed by atoms with van der Waals surface area (Å²) in [5.41, 5.74) is 6.29. The van der Waals surface area contributed by atoms with Crippen molar-refractivity contribution in [2.24, 2.45) is 11.1 Å². The molecule has 15 heavy (non-hydrogen) atoms. The van der Waals surface area contributed by atoms with Crippen molar-refractivity contribution in [1.29, 1.82) is 0 Å². The smallest absolute Gasteiger partial charge is 0.0773 e. The average molecular weight is 213 g/mol. The number of rotatable bonds is 7. The Morgan fingerprint density at radius 1 is 1.40 bits per heavy atom. The van der Waals surface area contributed by atoms with Gasteiger partial charge in [-0.15, -0.1) is 6.58 Å². The van der Waals surface area contributed by atoms with Gasteiger partial charge >= 0.3 is 0 Å². The van der Waals surface area contributed by atoms with Gasteiger partial charge in [0.2, 0.25) is 0 Å². The molecule has 2 unspecified atom stereocenters. The molecule has 2 nitrogen and oxygen atoms in total. The first kappa shape index (κ1) is 14.7. The zero-order valence-corrected chi connectivity index (χ0v) is 10.8. The van der Waals surface area contributed by atoms with Crippen LogP contribution in [0.15, 0.2) is 12.7 Å². The van der Waals surface area contributed by atoms with E-state index in [1.165, 1.54) is 0 Å². The van der Waals surface area contributed by atoms with Gasteiger partial charge in [-0.1, -0.05) is 26.8 Å². The highest BCUT2D eigenvalue weighted by Crippen LogP contribution is 2.26. The van der Waals surface area contributed by atoms with Crippen molar-refractivity contribution < 1.29 is 4.74 Å². The summed E-state index contributed by atoms with van der Waals surface area (Å²) in [5, 5.41) is 0. The molecule has 0 aromatic carbocycles. The highest BCUT2D eigenvalue weighted by atomic mass is 16.5. The van der Waals surface area contributed by atoms with Crippen LogP contribution in [0, 0.1) is 5.41 Å². The lowest BCUT2D eigenvalue weighted by Gasteiger charge is -2.35. The van der Waals surface area contributed by atoms with Crippen LogP contribution in [0.3, 0.4) is 0 Å². The second kappa shape index (κ2) is 7.02. The van der Waals surface area contributed by atoms with Gasteiger partial charge in [0, 0.05) is 12.6 Å². The van der Waals surface area contributed by atoms with Crippen molar-refractivity contribution in [3.05, 3.63) is 12.7 Å². The van der Waals surface area contributed by atoms with Gasteiger partial charge in [-0.3, -0.25) is 0 Å². The summed E-state index contributed by atoms with van der Waals surface area (Å²) < 4.78 is 5.75. The van der Waals surface area contributed by atoms with Crippen LogP contribution in [-0.4, -0.2) is 18.8 Å². The number of hydrogen-bond acceptors (Lipinski definition) is 2. The highest BCUT2D eigenvalue weighted by Gasteiger charge is 2.30. The molecule has 2 heteroatoms. The summed E-state index contributed by atoms with van der Waals surface area (Å²) >= 11 is 0. The van der Waals surface area contributed by atoms with Gasteiger partial charge in [0.1, 0.15) is 0 Å². The van der Waals surface area contributed by atoms with E-state index in [9.17, 15) is 0 Å². The van der Waals surface area contributed by atoms with Gasteiger partial charge in [-0.2, -0.15) is 0 Å². The Morgan fingerprint density at radius 2 is 2.00 bits per heavy atom. The van der Waals surface area contributed by atoms with Gasteiger partial charge in [0.05, 0.1) is 6.10 Å². The molecule has 90 valence electrons. The molecular formula is C13H27NO. The molecule has 2 atom stereocenters. The molecule has 0 fully saturated rings. The average Bonchev–Trinajstić information content (AvgIpc) is 2.12. The number of ether oxygens (including phenoxy) is 1. The first-order chi connectivity index (χ1) is 6.93. The molecular weight excluding hydrogens is 186 g/mol. The van der Waals surface area contributed by atoms with Crippen molar-refractivity contribution in [2.75, 3.05) is 6.61 Å². The molecule has 0 bridgehead atoms. The van der Waals surface area contributed by atoms with E-state index in [4.69, 9.17) is 10.5 Å². The standard InChI is InChI=1S/C13H27NO/c1-6-8-9-10-11(14)12(15-7-2)13(3,4)5/h6,11-12H,1,7-10,14H2,2-5H3. The lowest BCUT2D eigenvalue weighted by atomic mass is 9.83. The van der Waals surface area contributed by atoms with E-state index in [0.717, 1.165) is 25.9 Å². The van der Waals surface area contributed by atoms with E-state index < -0.39 is 0 Å². The normalized spacial score (nSPS) is 16.1. The SMILES string of the molecule is C=CCCCC(N)C(OCC)C(C)(C)C. The van der Waals surface area contributed by atoms with Gasteiger partial charge in [0.15, 0.2) is 0 Å². The minimum absolute atomic E-state index is 0.115. The maximum Gasteiger partial charge on any atom is 0.0773 e. The molecule has 0 aliphatic carbocycles. The van der Waals surface area contributed by atoms with Crippen LogP contribution in [-0.2, 0) is 4.74 Å². The third kappa shape index (κ3) is 5.95. The van der Waals surface area contributed by atoms with Crippen molar-refractivity contribution in [3.8, 4) is 0 Å². The first-order valence-electron chi connectivity index (χ1n) is 5.91. The fourth-order valence-electron chi connectivity index (χ4n) is 1.84. The Balaban J connectivity index is 4.16. The minimum atomic E-state index is 0.115. The molecule has 2 N–H and O–H groups in total. The van der Waals surface area contributed by atoms with E-state index in [2.05, 4.69) is 27.4 Å². The Labute approximate surface area is 94.9 Å². The second-order valence-electron chi connectivity index (χ2n) is 5.13. The zero-order valence-electron chi connectivity index (χ0n) is 10.8. The zero-order chi connectivity index (χ0) is 11.9. The molecule has 0 rings (SSSR count). The first-order valence-corrected chi connectivity index (χ1v) is 5.91.